The lowest BCUT2D eigenvalue weighted by atomic mass is 9.44. The first-order valence-electron chi connectivity index (χ1n) is 20.2. The molecule has 15 heteroatoms. The highest BCUT2D eigenvalue weighted by Crippen LogP contribution is 2.72. The van der Waals surface area contributed by atoms with Crippen LogP contribution in [0.1, 0.15) is 77.1 Å². The van der Waals surface area contributed by atoms with Gasteiger partial charge in [-0.1, -0.05) is 49.4 Å². The summed E-state index contributed by atoms with van der Waals surface area (Å²) in [5.74, 6) is -3.42. The molecule has 8 rings (SSSR count). The van der Waals surface area contributed by atoms with Crippen LogP contribution in [0.4, 0.5) is 14.5 Å². The molecular formula is C44H48F2N2O9S2. The maximum absolute atomic E-state index is 17.7. The Bertz CT molecular complexity index is 2150. The van der Waals surface area contributed by atoms with E-state index >= 15 is 8.78 Å². The number of benzene rings is 2. The Morgan fingerprint density at radius 1 is 1.03 bits per heavy atom. The number of carbonyl (C=O) groups excluding carboxylic acids is 5. The number of ether oxygens (including phenoxy) is 2. The van der Waals surface area contributed by atoms with Gasteiger partial charge in [-0.05, 0) is 93.0 Å². The molecular weight excluding hydrogens is 803 g/mol. The molecule has 59 heavy (non-hydrogen) atoms. The molecule has 0 spiro atoms. The van der Waals surface area contributed by atoms with Crippen molar-refractivity contribution in [2.45, 2.75) is 116 Å². The number of carbonyl (C=O) groups is 5. The summed E-state index contributed by atoms with van der Waals surface area (Å²) in [5.41, 5.74) is -5.69. The van der Waals surface area contributed by atoms with Crippen LogP contribution in [0.5, 0.6) is 0 Å². The summed E-state index contributed by atoms with van der Waals surface area (Å²) in [6.45, 7) is 2.72. The van der Waals surface area contributed by atoms with E-state index in [9.17, 15) is 34.2 Å². The summed E-state index contributed by atoms with van der Waals surface area (Å²) in [6.07, 6.45) is 0.403. The van der Waals surface area contributed by atoms with Gasteiger partial charge < -0.3 is 25.0 Å². The molecule has 6 aliphatic rings. The second-order valence-corrected chi connectivity index (χ2v) is 18.9. The van der Waals surface area contributed by atoms with Gasteiger partial charge in [-0.15, -0.1) is 0 Å². The molecule has 11 nitrogen and oxygen atoms in total. The van der Waals surface area contributed by atoms with E-state index in [-0.39, 0.29) is 55.4 Å². The third-order valence-electron chi connectivity index (χ3n) is 13.9. The van der Waals surface area contributed by atoms with Crippen LogP contribution in [-0.2, 0) is 33.4 Å². The van der Waals surface area contributed by atoms with E-state index in [1.54, 1.807) is 19.1 Å². The zero-order valence-corrected chi connectivity index (χ0v) is 34.5. The van der Waals surface area contributed by atoms with Gasteiger partial charge in [-0.3, -0.25) is 28.9 Å². The number of nitrogens with zero attached hydrogens (tertiary/aromatic N) is 1. The number of hydrogen-bond donors (Lipinski definition) is 4. The third-order valence-corrected chi connectivity index (χ3v) is 15.3. The number of Topliss-reactive ketones (excluding diaryl/α,β-unsaturated/α-hetero) is 1. The number of hydrogen-bond acceptors (Lipinski definition) is 11. The van der Waals surface area contributed by atoms with Gasteiger partial charge >= 0.3 is 0 Å². The number of halogens is 2. The molecule has 314 valence electrons. The number of aliphatic hydroxyl groups excluding tert-OH is 2. The van der Waals surface area contributed by atoms with Crippen molar-refractivity contribution in [2.24, 2.45) is 22.7 Å². The minimum absolute atomic E-state index is 0.0109. The lowest BCUT2D eigenvalue weighted by Gasteiger charge is -2.63. The number of rotatable bonds is 12. The zero-order valence-electron chi connectivity index (χ0n) is 32.8. The summed E-state index contributed by atoms with van der Waals surface area (Å²) in [4.78, 5) is 65.8. The molecule has 5 fully saturated rings. The normalized spacial score (nSPS) is 37.1. The van der Waals surface area contributed by atoms with Gasteiger partial charge in [0.05, 0.1) is 17.5 Å². The van der Waals surface area contributed by atoms with Crippen LogP contribution in [0.25, 0.3) is 0 Å². The second-order valence-electron chi connectivity index (χ2n) is 17.2. The molecule has 2 heterocycles. The van der Waals surface area contributed by atoms with Crippen molar-refractivity contribution in [1.82, 2.24) is 4.90 Å². The summed E-state index contributed by atoms with van der Waals surface area (Å²) < 4.78 is 46.9. The van der Waals surface area contributed by atoms with Gasteiger partial charge in [0.25, 0.3) is 0 Å². The van der Waals surface area contributed by atoms with E-state index in [1.807, 2.05) is 36.4 Å². The number of aliphatic hydroxyl groups is 2. The first kappa shape index (κ1) is 42.0. The number of allylic oxidation sites excluding steroid dienone is 4. The van der Waals surface area contributed by atoms with Crippen molar-refractivity contribution >= 4 is 59.4 Å². The topological polar surface area (TPSA) is 160 Å². The Balaban J connectivity index is 0.936. The molecule has 2 saturated heterocycles. The maximum Gasteiger partial charge on any atom is 0.242 e. The molecule has 3 saturated carbocycles. The second kappa shape index (κ2) is 15.6. The van der Waals surface area contributed by atoms with Crippen molar-refractivity contribution in [3.8, 4) is 0 Å². The lowest BCUT2D eigenvalue weighted by Crippen LogP contribution is -2.70. The number of thiol groups is 1. The molecule has 4 aliphatic carbocycles. The van der Waals surface area contributed by atoms with Crippen LogP contribution in [-0.4, -0.2) is 92.5 Å². The summed E-state index contributed by atoms with van der Waals surface area (Å²) in [6, 6.07) is 14.7. The predicted molar refractivity (Wildman–Crippen MR) is 216 cm³/mol. The summed E-state index contributed by atoms with van der Waals surface area (Å²) >= 11 is 5.58. The molecule has 2 aromatic rings. The highest BCUT2D eigenvalue weighted by Gasteiger charge is 2.80. The standard InChI is InChI=1S/C44H48F2N2O9S2/c1-41-14-13-26(50)18-31(41)32(45)19-30-29-20-36-44(35(52)23-49,42(29,2)22-34(51)43(30,41)46)57-40(56-36)24-8-6-10-27(16-24)59-28-11-7-9-25(17-28)47-37(53)12-4-3-5-15-48-38(54)21-33(58)39(48)55/h6-11,13-14,16-18,29-30,32-34,36,40,49,51,58H,3-5,12,15,19-23H2,1-2H3,(H,47,53)/t29-,30-,32-,33?,34-,36+,40+,41-,42-,43-,44+/m0/s1. The smallest absolute Gasteiger partial charge is 0.242 e. The molecule has 3 amide bonds. The number of alkyl halides is 2. The predicted octanol–water partition coefficient (Wildman–Crippen LogP) is 6.04. The number of unbranched alkanes of at least 4 members (excludes halogenated alkanes) is 2. The Hall–Kier alpha value is -3.73. The first-order chi connectivity index (χ1) is 28.0. The Kier molecular flexibility index (Phi) is 11.1. The van der Waals surface area contributed by atoms with Gasteiger partial charge in [0.1, 0.15) is 12.8 Å². The van der Waals surface area contributed by atoms with Crippen LogP contribution in [0.3, 0.4) is 0 Å². The molecule has 11 atom stereocenters. The summed E-state index contributed by atoms with van der Waals surface area (Å²) in [7, 11) is 0. The number of ketones is 2. The van der Waals surface area contributed by atoms with Crippen LogP contribution in [0, 0.1) is 22.7 Å². The fourth-order valence-electron chi connectivity index (χ4n) is 11.1. The fourth-order valence-corrected chi connectivity index (χ4v) is 12.3. The average molecular weight is 851 g/mol. The lowest BCUT2D eigenvalue weighted by molar-refractivity contribution is -0.235. The molecule has 1 unspecified atom stereocenters. The van der Waals surface area contributed by atoms with Crippen LogP contribution in [0.15, 0.2) is 82.1 Å². The van der Waals surface area contributed by atoms with E-state index in [0.29, 0.717) is 37.1 Å². The molecule has 0 aromatic heterocycles. The van der Waals surface area contributed by atoms with Gasteiger partial charge in [0.15, 0.2) is 29.1 Å². The first-order valence-corrected chi connectivity index (χ1v) is 21.5. The minimum atomic E-state index is -2.34. The van der Waals surface area contributed by atoms with E-state index in [2.05, 4.69) is 17.9 Å². The largest absolute Gasteiger partial charge is 0.390 e. The zero-order chi connectivity index (χ0) is 42.1. The number of anilines is 1. The molecule has 0 radical (unpaired) electrons. The Morgan fingerprint density at radius 3 is 2.51 bits per heavy atom. The fraction of sp³-hybridized carbons (Fsp3) is 0.523. The Labute approximate surface area is 350 Å². The van der Waals surface area contributed by atoms with Crippen molar-refractivity contribution < 1.29 is 52.4 Å². The van der Waals surface area contributed by atoms with E-state index in [0.717, 1.165) is 15.9 Å². The van der Waals surface area contributed by atoms with Crippen molar-refractivity contribution in [2.75, 3.05) is 18.5 Å². The van der Waals surface area contributed by atoms with E-state index < -0.39 is 82.0 Å². The average Bonchev–Trinajstić information content (AvgIpc) is 3.79. The molecule has 3 N–H and O–H groups in total. The van der Waals surface area contributed by atoms with Gasteiger partial charge in [0.2, 0.25) is 17.7 Å². The molecule has 2 aliphatic heterocycles. The molecule has 2 aromatic carbocycles. The summed E-state index contributed by atoms with van der Waals surface area (Å²) in [5, 5.41) is 24.5. The van der Waals surface area contributed by atoms with E-state index in [1.165, 1.54) is 35.7 Å². The van der Waals surface area contributed by atoms with Gasteiger partial charge in [-0.25, -0.2) is 8.78 Å². The number of amides is 3. The number of imide groups is 1. The number of likely N-dealkylation sites (tertiary alicyclic amines) is 1. The Morgan fingerprint density at radius 2 is 1.78 bits per heavy atom. The maximum atomic E-state index is 17.7. The SMILES string of the molecule is C[C@]12C=CC(=O)C=C1[C@@H](F)C[C@H]1[C@@H]3C[C@H]4O[C@@H](c5cccc(Sc6cccc(NC(=O)CCCCCN7C(=O)CC(S)C7=O)c6)c5)O[C@@]4(C(=O)CO)[C@@]3(C)C[C@H](O)[C@@]12F. The number of nitrogens with one attached hydrogen (secondary N) is 1. The number of fused-ring (bicyclic) bond motifs is 7. The van der Waals surface area contributed by atoms with Gasteiger partial charge in [0, 0.05) is 57.2 Å². The van der Waals surface area contributed by atoms with Crippen LogP contribution >= 0.6 is 24.4 Å². The van der Waals surface area contributed by atoms with Crippen molar-refractivity contribution in [3.63, 3.8) is 0 Å². The highest BCUT2D eigenvalue weighted by molar-refractivity contribution is 7.99. The third kappa shape index (κ3) is 6.74. The van der Waals surface area contributed by atoms with Gasteiger partial charge in [-0.2, -0.15) is 12.6 Å². The quantitative estimate of drug-likeness (QED) is 0.113. The monoisotopic (exact) mass is 850 g/mol. The minimum Gasteiger partial charge on any atom is -0.390 e. The van der Waals surface area contributed by atoms with E-state index in [4.69, 9.17) is 9.47 Å². The molecule has 0 bridgehead atoms. The van der Waals surface area contributed by atoms with Crippen molar-refractivity contribution in [1.29, 1.82) is 0 Å². The van der Waals surface area contributed by atoms with Crippen LogP contribution < -0.4 is 5.32 Å². The van der Waals surface area contributed by atoms with Crippen molar-refractivity contribution in [3.05, 3.63) is 77.9 Å². The highest BCUT2D eigenvalue weighted by atomic mass is 32.2. The van der Waals surface area contributed by atoms with Crippen LogP contribution in [0.2, 0.25) is 0 Å².